The quantitative estimate of drug-likeness (QED) is 0.616. The summed E-state index contributed by atoms with van der Waals surface area (Å²) in [5.74, 6) is 0. The van der Waals surface area contributed by atoms with Crippen LogP contribution in [0.1, 0.15) is 6.92 Å². The van der Waals surface area contributed by atoms with Crippen molar-refractivity contribution >= 4 is 0 Å². The summed E-state index contributed by atoms with van der Waals surface area (Å²) in [6.45, 7) is 7.50. The molecule has 0 fully saturated rings. The minimum Gasteiger partial charge on any atom is -0.358 e. The Kier molecular flexibility index (Phi) is 35.3. The molecule has 0 saturated heterocycles. The molecule has 0 aliphatic heterocycles. The van der Waals surface area contributed by atoms with Gasteiger partial charge in [-0.3, -0.25) is 0 Å². The molecule has 0 aliphatic rings. The third-order valence-corrected chi connectivity index (χ3v) is 0.427. The van der Waals surface area contributed by atoms with E-state index in [-0.39, 0.29) is 40.1 Å². The van der Waals surface area contributed by atoms with E-state index in [9.17, 15) is 0 Å². The molecule has 0 unspecified atom stereocenters. The standard InChI is InChI=1S/C4H10N.CH3.Y/c1-3-5-4-2;;/h5H,1,3-4H2,2H3;1H3;/q2*-1;. The van der Waals surface area contributed by atoms with Gasteiger partial charge in [-0.1, -0.05) is 6.92 Å². The van der Waals surface area contributed by atoms with E-state index in [2.05, 4.69) is 19.2 Å². The van der Waals surface area contributed by atoms with Crippen molar-refractivity contribution in [1.82, 2.24) is 5.32 Å². The van der Waals surface area contributed by atoms with Gasteiger partial charge in [-0.2, -0.15) is 0 Å². The normalized spacial score (nSPS) is 6.00. The summed E-state index contributed by atoms with van der Waals surface area (Å²) in [7, 11) is 0. The smallest absolute Gasteiger partial charge is 0 e. The van der Waals surface area contributed by atoms with Gasteiger partial charge in [0.2, 0.25) is 0 Å². The third-order valence-electron chi connectivity index (χ3n) is 0.427. The zero-order valence-electron chi connectivity index (χ0n) is 5.20. The molecule has 0 atom stereocenters. The van der Waals surface area contributed by atoms with Crippen molar-refractivity contribution in [3.8, 4) is 0 Å². The van der Waals surface area contributed by atoms with E-state index >= 15 is 0 Å². The van der Waals surface area contributed by atoms with E-state index in [0.29, 0.717) is 0 Å². The molecule has 2 heteroatoms. The summed E-state index contributed by atoms with van der Waals surface area (Å²) in [4.78, 5) is 0. The zero-order chi connectivity index (χ0) is 4.12. The maximum Gasteiger partial charge on any atom is 0 e. The number of rotatable bonds is 2. The molecule has 43 valence electrons. The van der Waals surface area contributed by atoms with Gasteiger partial charge in [0.25, 0.3) is 0 Å². The zero-order valence-corrected chi connectivity index (χ0v) is 8.04. The molecule has 1 nitrogen and oxygen atoms in total. The molecule has 0 saturated carbocycles. The fourth-order valence-electron chi connectivity index (χ4n) is 0.177. The predicted octanol–water partition coefficient (Wildman–Crippen LogP) is 0.878. The summed E-state index contributed by atoms with van der Waals surface area (Å²) >= 11 is 0. The van der Waals surface area contributed by atoms with Crippen LogP contribution >= 0.6 is 0 Å². The maximum atomic E-state index is 3.56. The molecular weight excluding hydrogens is 163 g/mol. The molecule has 0 aromatic heterocycles. The van der Waals surface area contributed by atoms with Gasteiger partial charge in [-0.15, -0.1) is 6.54 Å². The number of nitrogens with one attached hydrogen (secondary N) is 1. The van der Waals surface area contributed by atoms with Crippen molar-refractivity contribution in [2.75, 3.05) is 13.1 Å². The van der Waals surface area contributed by atoms with Crippen molar-refractivity contribution in [2.24, 2.45) is 0 Å². The van der Waals surface area contributed by atoms with E-state index in [1.807, 2.05) is 0 Å². The summed E-state index contributed by atoms with van der Waals surface area (Å²) < 4.78 is 0. The predicted molar refractivity (Wildman–Crippen MR) is 30.3 cm³/mol. The topological polar surface area (TPSA) is 12.0 Å². The van der Waals surface area contributed by atoms with Crippen LogP contribution in [0.3, 0.4) is 0 Å². The monoisotopic (exact) mass is 176 g/mol. The van der Waals surface area contributed by atoms with Crippen LogP contribution in [0.5, 0.6) is 0 Å². The van der Waals surface area contributed by atoms with E-state index in [1.54, 1.807) is 0 Å². The van der Waals surface area contributed by atoms with Gasteiger partial charge in [0, 0.05) is 32.7 Å². The van der Waals surface area contributed by atoms with Gasteiger partial charge in [0.05, 0.1) is 0 Å². The molecule has 0 spiro atoms. The van der Waals surface area contributed by atoms with E-state index in [1.165, 1.54) is 0 Å². The average molecular weight is 176 g/mol. The Morgan fingerprint density at radius 1 is 1.57 bits per heavy atom. The minimum atomic E-state index is 0. The Morgan fingerprint density at radius 3 is 2.00 bits per heavy atom. The van der Waals surface area contributed by atoms with Gasteiger partial charge in [-0.05, 0) is 6.54 Å². The van der Waals surface area contributed by atoms with Gasteiger partial charge in [0.15, 0.2) is 0 Å². The van der Waals surface area contributed by atoms with Crippen LogP contribution in [-0.2, 0) is 32.7 Å². The van der Waals surface area contributed by atoms with Crippen LogP contribution in [0.4, 0.5) is 0 Å². The Labute approximate surface area is 72.1 Å². The van der Waals surface area contributed by atoms with Gasteiger partial charge in [0.1, 0.15) is 0 Å². The SMILES string of the molecule is [CH2-]CNCC.[CH3-].[Y]. The molecule has 1 N–H and O–H groups in total. The number of hydrogen-bond acceptors (Lipinski definition) is 1. The Bertz CT molecular complexity index is 15.6. The third kappa shape index (κ3) is 19.3. The molecule has 0 rings (SSSR count). The number of hydrogen-bond donors (Lipinski definition) is 1. The molecule has 7 heavy (non-hydrogen) atoms. The Hall–Kier alpha value is 1.06. The largest absolute Gasteiger partial charge is 0.358 e. The van der Waals surface area contributed by atoms with Crippen LogP contribution < -0.4 is 5.32 Å². The first-order valence-electron chi connectivity index (χ1n) is 1.91. The van der Waals surface area contributed by atoms with E-state index in [4.69, 9.17) is 0 Å². The van der Waals surface area contributed by atoms with E-state index < -0.39 is 0 Å². The Morgan fingerprint density at radius 2 is 2.00 bits per heavy atom. The van der Waals surface area contributed by atoms with Crippen LogP contribution in [0.2, 0.25) is 0 Å². The summed E-state index contributed by atoms with van der Waals surface area (Å²) in [5.41, 5.74) is 0. The molecule has 0 aliphatic carbocycles. The van der Waals surface area contributed by atoms with Crippen LogP contribution in [0.25, 0.3) is 0 Å². The van der Waals surface area contributed by atoms with Crippen LogP contribution in [0.15, 0.2) is 0 Å². The minimum absolute atomic E-state index is 0. The van der Waals surface area contributed by atoms with E-state index in [0.717, 1.165) is 13.1 Å². The fourth-order valence-corrected chi connectivity index (χ4v) is 0.177. The first-order valence-corrected chi connectivity index (χ1v) is 1.91. The van der Waals surface area contributed by atoms with Gasteiger partial charge >= 0.3 is 0 Å². The first-order chi connectivity index (χ1) is 2.41. The van der Waals surface area contributed by atoms with Gasteiger partial charge in [-0.25, -0.2) is 0 Å². The summed E-state index contributed by atoms with van der Waals surface area (Å²) in [6, 6.07) is 0. The second-order valence-corrected chi connectivity index (χ2v) is 0.854. The van der Waals surface area contributed by atoms with Gasteiger partial charge < -0.3 is 19.7 Å². The second-order valence-electron chi connectivity index (χ2n) is 0.854. The van der Waals surface area contributed by atoms with Crippen molar-refractivity contribution in [3.05, 3.63) is 14.4 Å². The molecule has 1 radical (unpaired) electrons. The average Bonchev–Trinajstić information content (AvgIpc) is 1.41. The molecule has 0 heterocycles. The molecule has 0 aromatic carbocycles. The first kappa shape index (κ1) is 15.7. The summed E-state index contributed by atoms with van der Waals surface area (Å²) in [6.07, 6.45) is 0. The fraction of sp³-hybridized carbons (Fsp3) is 0.600. The molecular formula is C5H13NY-2. The van der Waals surface area contributed by atoms with Crippen LogP contribution in [-0.4, -0.2) is 13.1 Å². The molecule has 0 bridgehead atoms. The van der Waals surface area contributed by atoms with Crippen LogP contribution in [0, 0.1) is 14.4 Å². The van der Waals surface area contributed by atoms with Crippen molar-refractivity contribution < 1.29 is 32.7 Å². The molecule has 0 amide bonds. The summed E-state index contributed by atoms with van der Waals surface area (Å²) in [5, 5.41) is 3.00. The van der Waals surface area contributed by atoms with Crippen molar-refractivity contribution in [1.29, 1.82) is 0 Å². The molecule has 0 aromatic rings. The van der Waals surface area contributed by atoms with Crippen molar-refractivity contribution in [2.45, 2.75) is 6.92 Å². The maximum absolute atomic E-state index is 3.56. The Balaban J connectivity index is -0.0000000800. The second kappa shape index (κ2) is 15.7. The van der Waals surface area contributed by atoms with Crippen molar-refractivity contribution in [3.63, 3.8) is 0 Å².